The van der Waals surface area contributed by atoms with Crippen LogP contribution in [-0.2, 0) is 17.9 Å². The van der Waals surface area contributed by atoms with Crippen molar-refractivity contribution in [2.24, 2.45) is 0 Å². The Labute approximate surface area is 117 Å². The first-order valence-corrected chi connectivity index (χ1v) is 7.45. The van der Waals surface area contributed by atoms with Crippen molar-refractivity contribution in [3.05, 3.63) is 34.5 Å². The van der Waals surface area contributed by atoms with Gasteiger partial charge in [-0.2, -0.15) is 0 Å². The Hall–Kier alpha value is -0.970. The van der Waals surface area contributed by atoms with Crippen LogP contribution in [-0.4, -0.2) is 12.6 Å². The van der Waals surface area contributed by atoms with Crippen molar-refractivity contribution < 1.29 is 9.13 Å². The van der Waals surface area contributed by atoms with Crippen LogP contribution in [0.4, 0.5) is 4.39 Å². The average Bonchev–Trinajstić information content (AvgIpc) is 2.73. The fraction of sp³-hybridized carbons (Fsp3) is 0.467. The van der Waals surface area contributed by atoms with E-state index in [1.54, 1.807) is 17.4 Å². The van der Waals surface area contributed by atoms with Crippen LogP contribution in [0.3, 0.4) is 0 Å². The highest BCUT2D eigenvalue weighted by atomic mass is 32.1. The zero-order valence-corrected chi connectivity index (χ0v) is 12.4. The van der Waals surface area contributed by atoms with Crippen LogP contribution >= 0.6 is 11.3 Å². The van der Waals surface area contributed by atoms with E-state index in [1.807, 2.05) is 13.0 Å². The van der Waals surface area contributed by atoms with Gasteiger partial charge >= 0.3 is 0 Å². The number of ether oxygens (including phenoxy) is 1. The van der Waals surface area contributed by atoms with E-state index in [1.165, 1.54) is 10.9 Å². The maximum atomic E-state index is 14.0. The van der Waals surface area contributed by atoms with E-state index in [2.05, 4.69) is 19.2 Å². The van der Waals surface area contributed by atoms with Gasteiger partial charge in [-0.1, -0.05) is 19.9 Å². The van der Waals surface area contributed by atoms with E-state index in [-0.39, 0.29) is 5.82 Å². The van der Waals surface area contributed by atoms with Crippen LogP contribution in [0.1, 0.15) is 31.2 Å². The molecule has 1 heterocycles. The number of benzene rings is 1. The third-order valence-electron chi connectivity index (χ3n) is 2.97. The fourth-order valence-electron chi connectivity index (χ4n) is 2.01. The summed E-state index contributed by atoms with van der Waals surface area (Å²) in [6.07, 6.45) is 0. The van der Waals surface area contributed by atoms with Crippen LogP contribution in [0.25, 0.3) is 10.1 Å². The highest BCUT2D eigenvalue weighted by molar-refractivity contribution is 7.19. The van der Waals surface area contributed by atoms with Gasteiger partial charge in [-0.3, -0.25) is 0 Å². The van der Waals surface area contributed by atoms with Gasteiger partial charge in [-0.05, 0) is 19.1 Å². The van der Waals surface area contributed by atoms with Gasteiger partial charge in [0.1, 0.15) is 5.82 Å². The molecule has 0 bridgehead atoms. The third kappa shape index (κ3) is 3.32. The Morgan fingerprint density at radius 3 is 2.84 bits per heavy atom. The molecule has 0 aliphatic rings. The van der Waals surface area contributed by atoms with Crippen molar-refractivity contribution in [3.63, 3.8) is 0 Å². The summed E-state index contributed by atoms with van der Waals surface area (Å²) in [5.74, 6) is -0.153. The van der Waals surface area contributed by atoms with E-state index < -0.39 is 0 Å². The van der Waals surface area contributed by atoms with Crippen molar-refractivity contribution in [3.8, 4) is 0 Å². The lowest BCUT2D eigenvalue weighted by Crippen LogP contribution is -2.21. The Kier molecular flexibility index (Phi) is 4.91. The summed E-state index contributed by atoms with van der Waals surface area (Å²) in [7, 11) is 0. The summed E-state index contributed by atoms with van der Waals surface area (Å²) in [5.41, 5.74) is 0.994. The molecule has 0 saturated heterocycles. The molecule has 2 aromatic rings. The molecule has 4 heteroatoms. The molecule has 1 aromatic heterocycles. The van der Waals surface area contributed by atoms with E-state index >= 15 is 0 Å². The SMILES string of the molecule is CCOCc1c(CNC(C)C)sc2cccc(F)c12. The second kappa shape index (κ2) is 6.46. The van der Waals surface area contributed by atoms with Crippen molar-refractivity contribution in [1.29, 1.82) is 0 Å². The van der Waals surface area contributed by atoms with Gasteiger partial charge in [-0.15, -0.1) is 11.3 Å². The lowest BCUT2D eigenvalue weighted by Gasteiger charge is -2.09. The monoisotopic (exact) mass is 281 g/mol. The summed E-state index contributed by atoms with van der Waals surface area (Å²) >= 11 is 1.65. The molecular weight excluding hydrogens is 261 g/mol. The Bertz CT molecular complexity index is 550. The van der Waals surface area contributed by atoms with Gasteiger partial charge in [0.05, 0.1) is 6.61 Å². The summed E-state index contributed by atoms with van der Waals surface area (Å²) in [4.78, 5) is 1.17. The Balaban J connectivity index is 2.40. The molecular formula is C15H20FNOS. The molecule has 2 nitrogen and oxygen atoms in total. The first-order valence-electron chi connectivity index (χ1n) is 6.63. The number of nitrogens with one attached hydrogen (secondary N) is 1. The first-order chi connectivity index (χ1) is 9.13. The van der Waals surface area contributed by atoms with Crippen molar-refractivity contribution in [2.75, 3.05) is 6.61 Å². The van der Waals surface area contributed by atoms with Gasteiger partial charge in [0.2, 0.25) is 0 Å². The largest absolute Gasteiger partial charge is 0.377 e. The van der Waals surface area contributed by atoms with Crippen LogP contribution < -0.4 is 5.32 Å². The maximum Gasteiger partial charge on any atom is 0.132 e. The van der Waals surface area contributed by atoms with Crippen LogP contribution in [0.5, 0.6) is 0 Å². The molecule has 104 valence electrons. The summed E-state index contributed by atoms with van der Waals surface area (Å²) in [6, 6.07) is 5.66. The van der Waals surface area contributed by atoms with Gasteiger partial charge in [0.15, 0.2) is 0 Å². The predicted molar refractivity (Wildman–Crippen MR) is 79.1 cm³/mol. The van der Waals surface area contributed by atoms with Gasteiger partial charge in [-0.25, -0.2) is 4.39 Å². The highest BCUT2D eigenvalue weighted by Crippen LogP contribution is 2.33. The smallest absolute Gasteiger partial charge is 0.132 e. The van der Waals surface area contributed by atoms with E-state index in [0.29, 0.717) is 19.3 Å². The van der Waals surface area contributed by atoms with Gasteiger partial charge in [0.25, 0.3) is 0 Å². The van der Waals surface area contributed by atoms with Crippen molar-refractivity contribution >= 4 is 21.4 Å². The Morgan fingerprint density at radius 1 is 1.37 bits per heavy atom. The zero-order valence-electron chi connectivity index (χ0n) is 11.6. The molecule has 0 fully saturated rings. The lowest BCUT2D eigenvalue weighted by molar-refractivity contribution is 0.134. The quantitative estimate of drug-likeness (QED) is 0.861. The summed E-state index contributed by atoms with van der Waals surface area (Å²) in [6.45, 7) is 8.05. The number of fused-ring (bicyclic) bond motifs is 1. The molecule has 0 unspecified atom stereocenters. The minimum atomic E-state index is -0.153. The Morgan fingerprint density at radius 2 is 2.16 bits per heavy atom. The van der Waals surface area contributed by atoms with Crippen molar-refractivity contribution in [1.82, 2.24) is 5.32 Å². The molecule has 2 rings (SSSR count). The molecule has 0 atom stereocenters. The minimum Gasteiger partial charge on any atom is -0.377 e. The fourth-order valence-corrected chi connectivity index (χ4v) is 3.19. The molecule has 1 N–H and O–H groups in total. The molecule has 1 aromatic carbocycles. The molecule has 0 radical (unpaired) electrons. The minimum absolute atomic E-state index is 0.153. The van der Waals surface area contributed by atoms with Crippen molar-refractivity contribution in [2.45, 2.75) is 40.0 Å². The highest BCUT2D eigenvalue weighted by Gasteiger charge is 2.15. The number of hydrogen-bond donors (Lipinski definition) is 1. The first kappa shape index (κ1) is 14.4. The number of halogens is 1. The summed E-state index contributed by atoms with van der Waals surface area (Å²) < 4.78 is 20.5. The standard InChI is InChI=1S/C15H20FNOS/c1-4-18-9-11-14(8-17-10(2)3)19-13-7-5-6-12(16)15(11)13/h5-7,10,17H,4,8-9H2,1-3H3. The molecule has 0 amide bonds. The zero-order chi connectivity index (χ0) is 13.8. The van der Waals surface area contributed by atoms with Gasteiger partial charge < -0.3 is 10.1 Å². The number of thiophene rings is 1. The average molecular weight is 281 g/mol. The lowest BCUT2D eigenvalue weighted by atomic mass is 10.1. The topological polar surface area (TPSA) is 21.3 Å². The third-order valence-corrected chi connectivity index (χ3v) is 4.17. The number of hydrogen-bond acceptors (Lipinski definition) is 3. The molecule has 0 aliphatic carbocycles. The van der Waals surface area contributed by atoms with E-state index in [9.17, 15) is 4.39 Å². The second-order valence-electron chi connectivity index (χ2n) is 4.79. The summed E-state index contributed by atoms with van der Waals surface area (Å²) in [5, 5.41) is 4.12. The maximum absolute atomic E-state index is 14.0. The molecule has 19 heavy (non-hydrogen) atoms. The second-order valence-corrected chi connectivity index (χ2v) is 5.93. The van der Waals surface area contributed by atoms with Crippen LogP contribution in [0.2, 0.25) is 0 Å². The van der Waals surface area contributed by atoms with E-state index in [4.69, 9.17) is 4.74 Å². The van der Waals surface area contributed by atoms with Gasteiger partial charge in [0, 0.05) is 39.7 Å². The molecule has 0 spiro atoms. The van der Waals surface area contributed by atoms with Crippen LogP contribution in [0, 0.1) is 5.82 Å². The number of rotatable bonds is 6. The van der Waals surface area contributed by atoms with Crippen LogP contribution in [0.15, 0.2) is 18.2 Å². The normalized spacial score (nSPS) is 11.6. The molecule has 0 aliphatic heterocycles. The molecule has 0 saturated carbocycles. The predicted octanol–water partition coefficient (Wildman–Crippen LogP) is 4.07. The van der Waals surface area contributed by atoms with E-state index in [0.717, 1.165) is 22.2 Å².